The molecule has 2 nitrogen and oxygen atoms in total. The molecule has 5 saturated carbocycles. The topological polar surface area (TPSA) is 40.5 Å². The van der Waals surface area contributed by atoms with Crippen molar-refractivity contribution in [3.63, 3.8) is 0 Å². The van der Waals surface area contributed by atoms with Gasteiger partial charge < -0.3 is 10.2 Å². The van der Waals surface area contributed by atoms with E-state index in [4.69, 9.17) is 0 Å². The molecule has 0 spiro atoms. The molecule has 2 heteroatoms. The minimum Gasteiger partial charge on any atom is -0.393 e. The molecule has 0 unspecified atom stereocenters. The van der Waals surface area contributed by atoms with Gasteiger partial charge in [-0.2, -0.15) is 0 Å². The monoisotopic (exact) mass is 428 g/mol. The van der Waals surface area contributed by atoms with Gasteiger partial charge in [-0.05, 0) is 122 Å². The van der Waals surface area contributed by atoms with Crippen molar-refractivity contribution in [3.05, 3.63) is 12.2 Å². The molecular weight excluding hydrogens is 380 g/mol. The standard InChI is InChI=1S/C29H48O2/c1-18(2)19-10-15-29(31)17-16-27(6)20(24(19)29)8-9-22-26(5)13-12-23(30)25(3,4)21(26)11-14-28(22,27)7/h19-24,30-31H,1,8-17H2,2-7H3/t19-,20+,21-,22+,23-,24+,26-,27+,28+,29-/m0/s1. The minimum atomic E-state index is -0.449. The normalized spacial score (nSPS) is 57.9. The predicted octanol–water partition coefficient (Wildman–Crippen LogP) is 6.75. The smallest absolute Gasteiger partial charge is 0.0684 e. The van der Waals surface area contributed by atoms with Gasteiger partial charge in [0.15, 0.2) is 0 Å². The lowest BCUT2D eigenvalue weighted by Gasteiger charge is -2.72. The highest BCUT2D eigenvalue weighted by molar-refractivity contribution is 5.22. The molecule has 0 aromatic rings. The molecule has 31 heavy (non-hydrogen) atoms. The van der Waals surface area contributed by atoms with Crippen LogP contribution < -0.4 is 0 Å². The van der Waals surface area contributed by atoms with Crippen LogP contribution in [-0.4, -0.2) is 21.9 Å². The first kappa shape index (κ1) is 22.5. The van der Waals surface area contributed by atoms with Crippen LogP contribution in [0.1, 0.15) is 106 Å². The molecule has 5 aliphatic carbocycles. The highest BCUT2D eigenvalue weighted by Crippen LogP contribution is 2.76. The average Bonchev–Trinajstić information content (AvgIpc) is 3.04. The number of aliphatic hydroxyl groups is 2. The molecule has 2 N–H and O–H groups in total. The molecule has 5 rings (SSSR count). The Bertz CT molecular complexity index is 771. The molecule has 0 amide bonds. The van der Waals surface area contributed by atoms with Crippen molar-refractivity contribution < 1.29 is 10.2 Å². The summed E-state index contributed by atoms with van der Waals surface area (Å²) >= 11 is 0. The average molecular weight is 429 g/mol. The van der Waals surface area contributed by atoms with E-state index in [1.54, 1.807) is 0 Å². The number of fused-ring (bicyclic) bond motifs is 7. The number of hydrogen-bond donors (Lipinski definition) is 2. The number of hydrogen-bond acceptors (Lipinski definition) is 2. The van der Waals surface area contributed by atoms with E-state index in [0.717, 1.165) is 31.6 Å². The van der Waals surface area contributed by atoms with Crippen molar-refractivity contribution in [2.24, 2.45) is 51.2 Å². The Balaban J connectivity index is 1.54. The summed E-state index contributed by atoms with van der Waals surface area (Å²) in [5, 5.41) is 22.6. The lowest BCUT2D eigenvalue weighted by Crippen LogP contribution is -2.67. The first-order valence-corrected chi connectivity index (χ1v) is 13.4. The zero-order valence-corrected chi connectivity index (χ0v) is 21.1. The first-order chi connectivity index (χ1) is 14.3. The van der Waals surface area contributed by atoms with Gasteiger partial charge in [0.1, 0.15) is 0 Å². The summed E-state index contributed by atoms with van der Waals surface area (Å²) in [6, 6.07) is 0. The molecule has 5 aliphatic rings. The SMILES string of the molecule is C=C(C)[C@@H]1CC[C@]2(O)CC[C@]3(C)[C@H](CC[C@@H]4[C@@]5(C)CC[C@H](O)C(C)(C)[C@@H]5CC[C@]43C)[C@@H]12. The van der Waals surface area contributed by atoms with Gasteiger partial charge in [0.2, 0.25) is 0 Å². The lowest BCUT2D eigenvalue weighted by atomic mass is 9.33. The Morgan fingerprint density at radius 1 is 0.774 bits per heavy atom. The van der Waals surface area contributed by atoms with Gasteiger partial charge in [0.05, 0.1) is 11.7 Å². The van der Waals surface area contributed by atoms with Crippen LogP contribution in [-0.2, 0) is 0 Å². The van der Waals surface area contributed by atoms with Crippen molar-refractivity contribution in [2.45, 2.75) is 117 Å². The molecule has 0 bridgehead atoms. The molecule has 0 radical (unpaired) electrons. The Kier molecular flexibility index (Phi) is 4.80. The third kappa shape index (κ3) is 2.64. The molecule has 10 atom stereocenters. The van der Waals surface area contributed by atoms with Gasteiger partial charge in [0.25, 0.3) is 0 Å². The van der Waals surface area contributed by atoms with Gasteiger partial charge in [-0.1, -0.05) is 46.8 Å². The lowest BCUT2D eigenvalue weighted by molar-refractivity contribution is -0.254. The maximum Gasteiger partial charge on any atom is 0.0684 e. The van der Waals surface area contributed by atoms with Crippen LogP contribution in [0.5, 0.6) is 0 Å². The Morgan fingerprint density at radius 3 is 2.16 bits per heavy atom. The van der Waals surface area contributed by atoms with E-state index in [0.29, 0.717) is 39.9 Å². The molecular formula is C29H48O2. The van der Waals surface area contributed by atoms with E-state index in [-0.39, 0.29) is 11.5 Å². The van der Waals surface area contributed by atoms with Gasteiger partial charge in [-0.3, -0.25) is 0 Å². The Morgan fingerprint density at radius 2 is 1.48 bits per heavy atom. The highest BCUT2D eigenvalue weighted by atomic mass is 16.3. The van der Waals surface area contributed by atoms with Gasteiger partial charge in [-0.25, -0.2) is 0 Å². The molecule has 0 saturated heterocycles. The fraction of sp³-hybridized carbons (Fsp3) is 0.931. The quantitative estimate of drug-likeness (QED) is 0.453. The Labute approximate surface area is 191 Å². The Hall–Kier alpha value is -0.340. The van der Waals surface area contributed by atoms with Crippen LogP contribution in [0.4, 0.5) is 0 Å². The number of rotatable bonds is 1. The largest absolute Gasteiger partial charge is 0.393 e. The van der Waals surface area contributed by atoms with E-state index in [1.807, 2.05) is 0 Å². The van der Waals surface area contributed by atoms with Crippen LogP contribution >= 0.6 is 0 Å². The maximum absolute atomic E-state index is 11.7. The summed E-state index contributed by atoms with van der Waals surface area (Å²) in [4.78, 5) is 0. The van der Waals surface area contributed by atoms with Crippen LogP contribution in [0.15, 0.2) is 12.2 Å². The minimum absolute atomic E-state index is 0.0232. The third-order valence-electron chi connectivity index (χ3n) is 13.0. The summed E-state index contributed by atoms with van der Waals surface area (Å²) in [5.41, 5.74) is 1.85. The van der Waals surface area contributed by atoms with E-state index in [9.17, 15) is 10.2 Å². The molecule has 176 valence electrons. The van der Waals surface area contributed by atoms with E-state index in [2.05, 4.69) is 48.1 Å². The predicted molar refractivity (Wildman–Crippen MR) is 127 cm³/mol. The zero-order chi connectivity index (χ0) is 22.6. The van der Waals surface area contributed by atoms with Crippen molar-refractivity contribution >= 4 is 0 Å². The van der Waals surface area contributed by atoms with Gasteiger partial charge in [0, 0.05) is 0 Å². The summed E-state index contributed by atoms with van der Waals surface area (Å²) in [7, 11) is 0. The molecule has 0 aromatic heterocycles. The van der Waals surface area contributed by atoms with Crippen LogP contribution in [0, 0.1) is 51.2 Å². The fourth-order valence-corrected chi connectivity index (χ4v) is 11.1. The molecule has 5 fully saturated rings. The molecule has 0 aromatic carbocycles. The second kappa shape index (κ2) is 6.62. The van der Waals surface area contributed by atoms with Crippen molar-refractivity contribution in [1.82, 2.24) is 0 Å². The van der Waals surface area contributed by atoms with Crippen molar-refractivity contribution in [3.8, 4) is 0 Å². The first-order valence-electron chi connectivity index (χ1n) is 13.4. The van der Waals surface area contributed by atoms with E-state index in [1.165, 1.54) is 44.1 Å². The van der Waals surface area contributed by atoms with Crippen LogP contribution in [0.25, 0.3) is 0 Å². The maximum atomic E-state index is 11.7. The van der Waals surface area contributed by atoms with Gasteiger partial charge >= 0.3 is 0 Å². The van der Waals surface area contributed by atoms with Gasteiger partial charge in [-0.15, -0.1) is 0 Å². The zero-order valence-electron chi connectivity index (χ0n) is 21.1. The molecule has 0 aliphatic heterocycles. The third-order valence-corrected chi connectivity index (χ3v) is 13.0. The van der Waals surface area contributed by atoms with Crippen LogP contribution in [0.3, 0.4) is 0 Å². The second-order valence-electron chi connectivity index (χ2n) is 14.2. The summed E-state index contributed by atoms with van der Waals surface area (Å²) in [6.45, 7) is 19.1. The number of allylic oxidation sites excluding steroid dienone is 1. The molecule has 0 heterocycles. The van der Waals surface area contributed by atoms with E-state index < -0.39 is 5.60 Å². The van der Waals surface area contributed by atoms with E-state index >= 15 is 0 Å². The number of aliphatic hydroxyl groups excluding tert-OH is 1. The summed E-state index contributed by atoms with van der Waals surface area (Å²) in [6.07, 6.45) is 11.4. The second-order valence-corrected chi connectivity index (χ2v) is 14.2. The summed E-state index contributed by atoms with van der Waals surface area (Å²) < 4.78 is 0. The highest BCUT2D eigenvalue weighted by Gasteiger charge is 2.70. The van der Waals surface area contributed by atoms with Crippen LogP contribution in [0.2, 0.25) is 0 Å². The van der Waals surface area contributed by atoms with Crippen molar-refractivity contribution in [2.75, 3.05) is 0 Å². The fourth-order valence-electron chi connectivity index (χ4n) is 11.1. The summed E-state index contributed by atoms with van der Waals surface area (Å²) in [5.74, 6) is 2.90. The van der Waals surface area contributed by atoms with Crippen molar-refractivity contribution in [1.29, 1.82) is 0 Å².